The van der Waals surface area contributed by atoms with Crippen LogP contribution in [0.25, 0.3) is 0 Å². The zero-order chi connectivity index (χ0) is 13.8. The van der Waals surface area contributed by atoms with Crippen molar-refractivity contribution in [3.63, 3.8) is 0 Å². The van der Waals surface area contributed by atoms with Crippen LogP contribution in [0, 0.1) is 11.8 Å². The van der Waals surface area contributed by atoms with Gasteiger partial charge in [-0.1, -0.05) is 0 Å². The SMILES string of the molecule is CC(O)CC(O)CCCCC#CCCCC(=O)O. The number of carboxylic acids is 1. The zero-order valence-electron chi connectivity index (χ0n) is 11.1. The number of carbonyl (C=O) groups is 1. The zero-order valence-corrected chi connectivity index (χ0v) is 11.1. The van der Waals surface area contributed by atoms with E-state index in [4.69, 9.17) is 10.2 Å². The number of hydrogen-bond acceptors (Lipinski definition) is 3. The number of rotatable bonds is 9. The van der Waals surface area contributed by atoms with Gasteiger partial charge in [0.25, 0.3) is 0 Å². The molecule has 18 heavy (non-hydrogen) atoms. The highest BCUT2D eigenvalue weighted by atomic mass is 16.4. The van der Waals surface area contributed by atoms with E-state index in [2.05, 4.69) is 11.8 Å². The Labute approximate surface area is 109 Å². The minimum absolute atomic E-state index is 0.181. The highest BCUT2D eigenvalue weighted by Crippen LogP contribution is 2.08. The molecule has 0 heterocycles. The van der Waals surface area contributed by atoms with Gasteiger partial charge in [0.2, 0.25) is 0 Å². The van der Waals surface area contributed by atoms with Gasteiger partial charge in [-0.2, -0.15) is 0 Å². The monoisotopic (exact) mass is 256 g/mol. The van der Waals surface area contributed by atoms with E-state index in [9.17, 15) is 9.90 Å². The third-order valence-corrected chi connectivity index (χ3v) is 2.52. The van der Waals surface area contributed by atoms with Crippen LogP contribution < -0.4 is 0 Å². The second-order valence-electron chi connectivity index (χ2n) is 4.59. The smallest absolute Gasteiger partial charge is 0.303 e. The molecule has 104 valence electrons. The number of unbranched alkanes of at least 4 members (excludes halogenated alkanes) is 3. The average Bonchev–Trinajstić information content (AvgIpc) is 2.25. The first-order chi connectivity index (χ1) is 8.52. The molecular formula is C14H24O4. The summed E-state index contributed by atoms with van der Waals surface area (Å²) in [5, 5.41) is 27.0. The van der Waals surface area contributed by atoms with Crippen LogP contribution in [0.3, 0.4) is 0 Å². The Morgan fingerprint density at radius 2 is 1.72 bits per heavy atom. The molecule has 0 fully saturated rings. The second-order valence-corrected chi connectivity index (χ2v) is 4.59. The fourth-order valence-electron chi connectivity index (χ4n) is 1.61. The molecule has 0 aliphatic rings. The van der Waals surface area contributed by atoms with Gasteiger partial charge in [-0.15, -0.1) is 11.8 Å². The van der Waals surface area contributed by atoms with Crippen LogP contribution in [-0.2, 0) is 4.79 Å². The summed E-state index contributed by atoms with van der Waals surface area (Å²) in [5.41, 5.74) is 0. The molecule has 3 N–H and O–H groups in total. The average molecular weight is 256 g/mol. The molecule has 0 rings (SSSR count). The van der Waals surface area contributed by atoms with Gasteiger partial charge in [0.1, 0.15) is 0 Å². The van der Waals surface area contributed by atoms with E-state index in [1.807, 2.05) is 0 Å². The summed E-state index contributed by atoms with van der Waals surface area (Å²) in [7, 11) is 0. The quantitative estimate of drug-likeness (QED) is 0.435. The lowest BCUT2D eigenvalue weighted by Crippen LogP contribution is -2.14. The number of aliphatic hydroxyl groups is 2. The van der Waals surface area contributed by atoms with Crippen LogP contribution in [-0.4, -0.2) is 33.5 Å². The molecule has 2 unspecified atom stereocenters. The standard InChI is InChI=1S/C14H24O4/c1-12(15)11-13(16)9-7-5-3-2-4-6-8-10-14(17)18/h12-13,15-16H,3,5-11H2,1H3,(H,17,18). The van der Waals surface area contributed by atoms with Gasteiger partial charge in [-0.25, -0.2) is 0 Å². The van der Waals surface area contributed by atoms with Crippen LogP contribution in [0.4, 0.5) is 0 Å². The molecule has 0 radical (unpaired) electrons. The van der Waals surface area contributed by atoms with Gasteiger partial charge in [0, 0.05) is 19.3 Å². The molecule has 0 spiro atoms. The van der Waals surface area contributed by atoms with Crippen molar-refractivity contribution < 1.29 is 20.1 Å². The number of carboxylic acid groups (broad SMARTS) is 1. The Morgan fingerprint density at radius 3 is 2.28 bits per heavy atom. The summed E-state index contributed by atoms with van der Waals surface area (Å²) >= 11 is 0. The molecule has 0 aliphatic carbocycles. The predicted octanol–water partition coefficient (Wildman–Crippen LogP) is 1.94. The lowest BCUT2D eigenvalue weighted by atomic mass is 10.1. The molecule has 0 aliphatic heterocycles. The van der Waals surface area contributed by atoms with Crippen molar-refractivity contribution in [1.29, 1.82) is 0 Å². The van der Waals surface area contributed by atoms with Crippen LogP contribution in [0.5, 0.6) is 0 Å². The Balaban J connectivity index is 3.34. The Kier molecular flexibility index (Phi) is 10.4. The summed E-state index contributed by atoms with van der Waals surface area (Å²) in [5.74, 6) is 5.17. The summed E-state index contributed by atoms with van der Waals surface area (Å²) < 4.78 is 0. The van der Waals surface area contributed by atoms with Gasteiger partial charge >= 0.3 is 5.97 Å². The van der Waals surface area contributed by atoms with Crippen LogP contribution >= 0.6 is 0 Å². The van der Waals surface area contributed by atoms with Crippen molar-refractivity contribution in [2.45, 2.75) is 70.5 Å². The molecule has 0 saturated heterocycles. The van der Waals surface area contributed by atoms with E-state index >= 15 is 0 Å². The van der Waals surface area contributed by atoms with Gasteiger partial charge < -0.3 is 15.3 Å². The van der Waals surface area contributed by atoms with Crippen molar-refractivity contribution in [3.8, 4) is 11.8 Å². The molecule has 0 aromatic rings. The van der Waals surface area contributed by atoms with E-state index in [0.717, 1.165) is 19.3 Å². The maximum absolute atomic E-state index is 10.2. The number of aliphatic carboxylic acids is 1. The summed E-state index contributed by atoms with van der Waals surface area (Å²) in [6.45, 7) is 1.67. The normalized spacial score (nSPS) is 13.5. The maximum atomic E-state index is 10.2. The minimum Gasteiger partial charge on any atom is -0.481 e. The van der Waals surface area contributed by atoms with E-state index in [-0.39, 0.29) is 6.42 Å². The molecule has 2 atom stereocenters. The fourth-order valence-corrected chi connectivity index (χ4v) is 1.61. The lowest BCUT2D eigenvalue weighted by molar-refractivity contribution is -0.137. The van der Waals surface area contributed by atoms with E-state index in [0.29, 0.717) is 25.7 Å². The molecule has 4 heteroatoms. The topological polar surface area (TPSA) is 77.8 Å². The Bertz CT molecular complexity index is 275. The van der Waals surface area contributed by atoms with Crippen molar-refractivity contribution in [3.05, 3.63) is 0 Å². The number of aliphatic hydroxyl groups excluding tert-OH is 2. The van der Waals surface area contributed by atoms with Crippen molar-refractivity contribution >= 4 is 5.97 Å². The highest BCUT2D eigenvalue weighted by molar-refractivity contribution is 5.66. The molecule has 0 aromatic heterocycles. The fraction of sp³-hybridized carbons (Fsp3) is 0.786. The van der Waals surface area contributed by atoms with E-state index in [1.165, 1.54) is 0 Å². The third kappa shape index (κ3) is 13.0. The molecule has 0 saturated carbocycles. The molecular weight excluding hydrogens is 232 g/mol. The minimum atomic E-state index is -0.774. The van der Waals surface area contributed by atoms with Crippen molar-refractivity contribution in [1.82, 2.24) is 0 Å². The molecule has 4 nitrogen and oxygen atoms in total. The second kappa shape index (κ2) is 11.1. The first-order valence-corrected chi connectivity index (χ1v) is 6.56. The van der Waals surface area contributed by atoms with Crippen LogP contribution in [0.1, 0.15) is 58.3 Å². The van der Waals surface area contributed by atoms with Gasteiger partial charge in [0.05, 0.1) is 12.2 Å². The molecule has 0 amide bonds. The third-order valence-electron chi connectivity index (χ3n) is 2.52. The highest BCUT2D eigenvalue weighted by Gasteiger charge is 2.06. The van der Waals surface area contributed by atoms with Gasteiger partial charge in [-0.05, 0) is 39.0 Å². The Morgan fingerprint density at radius 1 is 1.11 bits per heavy atom. The van der Waals surface area contributed by atoms with Crippen LogP contribution in [0.15, 0.2) is 0 Å². The van der Waals surface area contributed by atoms with Crippen molar-refractivity contribution in [2.75, 3.05) is 0 Å². The van der Waals surface area contributed by atoms with Crippen molar-refractivity contribution in [2.24, 2.45) is 0 Å². The first kappa shape index (κ1) is 16.9. The summed E-state index contributed by atoms with van der Waals surface area (Å²) in [6.07, 6.45) is 4.30. The maximum Gasteiger partial charge on any atom is 0.303 e. The Hall–Kier alpha value is -1.05. The molecule has 0 bridgehead atoms. The molecule has 0 aromatic carbocycles. The van der Waals surface area contributed by atoms with Crippen LogP contribution in [0.2, 0.25) is 0 Å². The predicted molar refractivity (Wildman–Crippen MR) is 70.0 cm³/mol. The summed E-state index contributed by atoms with van der Waals surface area (Å²) in [6, 6.07) is 0. The summed E-state index contributed by atoms with van der Waals surface area (Å²) in [4.78, 5) is 10.2. The van der Waals surface area contributed by atoms with Gasteiger partial charge in [0.15, 0.2) is 0 Å². The van der Waals surface area contributed by atoms with E-state index < -0.39 is 18.2 Å². The first-order valence-electron chi connectivity index (χ1n) is 6.56. The largest absolute Gasteiger partial charge is 0.481 e. The number of hydrogen-bond donors (Lipinski definition) is 3. The van der Waals surface area contributed by atoms with E-state index in [1.54, 1.807) is 6.92 Å². The van der Waals surface area contributed by atoms with Gasteiger partial charge in [-0.3, -0.25) is 4.79 Å². The lowest BCUT2D eigenvalue weighted by Gasteiger charge is -2.11.